The predicted octanol–water partition coefficient (Wildman–Crippen LogP) is 4.13. The first-order chi connectivity index (χ1) is 11.7. The third-order valence-electron chi connectivity index (χ3n) is 3.32. The molecule has 2 aromatic rings. The maximum absolute atomic E-state index is 12.9. The summed E-state index contributed by atoms with van der Waals surface area (Å²) in [6.07, 6.45) is -4.70. The summed E-state index contributed by atoms with van der Waals surface area (Å²) >= 11 is 2.84. The van der Waals surface area contributed by atoms with Crippen LogP contribution in [0, 0.1) is 0 Å². The van der Waals surface area contributed by atoms with Gasteiger partial charge in [0, 0.05) is 30.1 Å². The zero-order valence-electron chi connectivity index (χ0n) is 13.4. The number of methoxy groups -OCH3 is 1. The number of amides is 1. The molecule has 0 bridgehead atoms. The number of ether oxygens (including phenoxy) is 1. The van der Waals surface area contributed by atoms with E-state index in [1.807, 2.05) is 0 Å². The zero-order chi connectivity index (χ0) is 18.6. The van der Waals surface area contributed by atoms with Crippen LogP contribution in [0.25, 0.3) is 0 Å². The van der Waals surface area contributed by atoms with E-state index in [1.54, 1.807) is 6.92 Å². The molecule has 0 aliphatic heterocycles. The van der Waals surface area contributed by atoms with Gasteiger partial charge in [0.1, 0.15) is 6.10 Å². The van der Waals surface area contributed by atoms with Gasteiger partial charge in [-0.05, 0) is 25.1 Å². The van der Waals surface area contributed by atoms with Crippen molar-refractivity contribution in [3.8, 4) is 0 Å². The molecule has 6 nitrogen and oxygen atoms in total. The number of benzene rings is 1. The Balaban J connectivity index is 1.95. The summed E-state index contributed by atoms with van der Waals surface area (Å²) in [7, 11) is 1.50. The largest absolute Gasteiger partial charge is 0.417 e. The lowest BCUT2D eigenvalue weighted by atomic mass is 10.2. The van der Waals surface area contributed by atoms with Gasteiger partial charge in [-0.1, -0.05) is 21.1 Å². The number of alkyl halides is 3. The van der Waals surface area contributed by atoms with Crippen molar-refractivity contribution in [1.82, 2.24) is 10.1 Å². The van der Waals surface area contributed by atoms with Gasteiger partial charge in [0.2, 0.25) is 11.8 Å². The molecule has 1 unspecified atom stereocenters. The number of nitrogens with zero attached hydrogens (tertiary/aromatic N) is 2. The van der Waals surface area contributed by atoms with Crippen molar-refractivity contribution in [2.75, 3.05) is 12.4 Å². The molecular formula is C15H15BrF3N3O3. The van der Waals surface area contributed by atoms with E-state index in [2.05, 4.69) is 31.4 Å². The number of aryl methyl sites for hydroxylation is 1. The molecule has 1 atom stereocenters. The summed E-state index contributed by atoms with van der Waals surface area (Å²) in [6, 6.07) is 3.48. The molecule has 1 amide bonds. The number of aromatic nitrogens is 2. The molecule has 1 heterocycles. The van der Waals surface area contributed by atoms with Crippen molar-refractivity contribution in [3.63, 3.8) is 0 Å². The van der Waals surface area contributed by atoms with Gasteiger partial charge in [-0.3, -0.25) is 4.79 Å². The highest BCUT2D eigenvalue weighted by Gasteiger charge is 2.33. The minimum atomic E-state index is -4.52. The molecular weight excluding hydrogens is 407 g/mol. The fourth-order valence-electron chi connectivity index (χ4n) is 1.90. The second kappa shape index (κ2) is 7.96. The second-order valence-electron chi connectivity index (χ2n) is 5.16. The molecule has 25 heavy (non-hydrogen) atoms. The van der Waals surface area contributed by atoms with Crippen molar-refractivity contribution < 1.29 is 27.2 Å². The van der Waals surface area contributed by atoms with Gasteiger partial charge in [-0.15, -0.1) is 0 Å². The van der Waals surface area contributed by atoms with Crippen LogP contribution in [0.15, 0.2) is 27.2 Å². The summed E-state index contributed by atoms with van der Waals surface area (Å²) in [5.74, 6) is 0.150. The molecule has 1 aromatic heterocycles. The van der Waals surface area contributed by atoms with E-state index >= 15 is 0 Å². The van der Waals surface area contributed by atoms with Crippen LogP contribution < -0.4 is 5.32 Å². The van der Waals surface area contributed by atoms with E-state index in [9.17, 15) is 18.0 Å². The smallest absolute Gasteiger partial charge is 0.374 e. The number of rotatable bonds is 6. The molecule has 0 spiro atoms. The Labute approximate surface area is 149 Å². The van der Waals surface area contributed by atoms with Crippen molar-refractivity contribution in [2.24, 2.45) is 0 Å². The first-order valence-electron chi connectivity index (χ1n) is 7.22. The van der Waals surface area contributed by atoms with Crippen LogP contribution >= 0.6 is 15.9 Å². The highest BCUT2D eigenvalue weighted by atomic mass is 79.9. The Bertz CT molecular complexity index is 749. The van der Waals surface area contributed by atoms with Crippen LogP contribution in [0.2, 0.25) is 0 Å². The van der Waals surface area contributed by atoms with Gasteiger partial charge in [-0.2, -0.15) is 18.2 Å². The molecule has 0 aliphatic rings. The lowest BCUT2D eigenvalue weighted by Crippen LogP contribution is -2.14. The van der Waals surface area contributed by atoms with Gasteiger partial charge >= 0.3 is 6.18 Å². The number of anilines is 1. The third-order valence-corrected chi connectivity index (χ3v) is 4.01. The first-order valence-corrected chi connectivity index (χ1v) is 8.02. The maximum atomic E-state index is 12.9. The van der Waals surface area contributed by atoms with E-state index in [4.69, 9.17) is 9.26 Å². The van der Waals surface area contributed by atoms with E-state index < -0.39 is 17.6 Å². The highest BCUT2D eigenvalue weighted by molar-refractivity contribution is 9.10. The molecule has 0 saturated carbocycles. The SMILES string of the molecule is COC(C)c1noc(CCC(=O)Nc2ccc(Br)c(C(F)(F)F)c2)n1. The molecule has 0 fully saturated rings. The molecule has 0 radical (unpaired) electrons. The number of carbonyl (C=O) groups is 1. The number of carbonyl (C=O) groups excluding carboxylic acids is 1. The molecule has 0 saturated heterocycles. The third kappa shape index (κ3) is 5.27. The predicted molar refractivity (Wildman–Crippen MR) is 85.8 cm³/mol. The molecule has 2 rings (SSSR count). The van der Waals surface area contributed by atoms with Gasteiger partial charge in [0.05, 0.1) is 5.56 Å². The van der Waals surface area contributed by atoms with Gasteiger partial charge in [0.15, 0.2) is 5.82 Å². The average Bonchev–Trinajstić information content (AvgIpc) is 3.02. The van der Waals surface area contributed by atoms with Crippen LogP contribution in [-0.4, -0.2) is 23.2 Å². The van der Waals surface area contributed by atoms with Crippen molar-refractivity contribution in [1.29, 1.82) is 0 Å². The Kier molecular flexibility index (Phi) is 6.17. The number of halogens is 4. The zero-order valence-corrected chi connectivity index (χ0v) is 14.9. The molecule has 10 heteroatoms. The summed E-state index contributed by atoms with van der Waals surface area (Å²) in [5.41, 5.74) is -0.805. The van der Waals surface area contributed by atoms with Crippen LogP contribution in [0.4, 0.5) is 18.9 Å². The Morgan fingerprint density at radius 3 is 2.80 bits per heavy atom. The fraction of sp³-hybridized carbons (Fsp3) is 0.400. The lowest BCUT2D eigenvalue weighted by Gasteiger charge is -2.11. The summed E-state index contributed by atoms with van der Waals surface area (Å²) in [4.78, 5) is 16.0. The summed E-state index contributed by atoms with van der Waals surface area (Å²) < 4.78 is 48.5. The van der Waals surface area contributed by atoms with Crippen LogP contribution in [0.3, 0.4) is 0 Å². The van der Waals surface area contributed by atoms with Crippen molar-refractivity contribution in [3.05, 3.63) is 40.0 Å². The minimum absolute atomic E-state index is 0.0135. The van der Waals surface area contributed by atoms with Gasteiger partial charge in [0.25, 0.3) is 0 Å². The number of hydrogen-bond acceptors (Lipinski definition) is 5. The average molecular weight is 422 g/mol. The van der Waals surface area contributed by atoms with Crippen molar-refractivity contribution in [2.45, 2.75) is 32.0 Å². The minimum Gasteiger partial charge on any atom is -0.374 e. The number of nitrogens with one attached hydrogen (secondary N) is 1. The Hall–Kier alpha value is -1.94. The number of hydrogen-bond donors (Lipinski definition) is 1. The van der Waals surface area contributed by atoms with Crippen LogP contribution in [-0.2, 0) is 22.1 Å². The maximum Gasteiger partial charge on any atom is 0.417 e. The van der Waals surface area contributed by atoms with Gasteiger partial charge < -0.3 is 14.6 Å². The summed E-state index contributed by atoms with van der Waals surface area (Å²) in [6.45, 7) is 1.74. The Morgan fingerprint density at radius 2 is 2.16 bits per heavy atom. The molecule has 1 aromatic carbocycles. The Morgan fingerprint density at radius 1 is 1.44 bits per heavy atom. The van der Waals surface area contributed by atoms with E-state index in [-0.39, 0.29) is 35.0 Å². The van der Waals surface area contributed by atoms with E-state index in [0.29, 0.717) is 5.82 Å². The molecule has 0 aliphatic carbocycles. The lowest BCUT2D eigenvalue weighted by molar-refractivity contribution is -0.138. The van der Waals surface area contributed by atoms with E-state index in [1.165, 1.54) is 19.2 Å². The second-order valence-corrected chi connectivity index (χ2v) is 6.02. The fourth-order valence-corrected chi connectivity index (χ4v) is 2.38. The van der Waals surface area contributed by atoms with Crippen LogP contribution in [0.1, 0.15) is 36.7 Å². The van der Waals surface area contributed by atoms with Gasteiger partial charge in [-0.25, -0.2) is 0 Å². The molecule has 1 N–H and O–H groups in total. The quantitative estimate of drug-likeness (QED) is 0.758. The standard InChI is InChI=1S/C15H15BrF3N3O3/c1-8(24-2)14-21-13(25-22-14)6-5-12(23)20-9-3-4-11(16)10(7-9)15(17,18)19/h3-4,7-8H,5-6H2,1-2H3,(H,20,23). The monoisotopic (exact) mass is 421 g/mol. The normalized spacial score (nSPS) is 12.9. The van der Waals surface area contributed by atoms with Crippen LogP contribution in [0.5, 0.6) is 0 Å². The highest BCUT2D eigenvalue weighted by Crippen LogP contribution is 2.36. The topological polar surface area (TPSA) is 77.2 Å². The van der Waals surface area contributed by atoms with Crippen molar-refractivity contribution >= 4 is 27.5 Å². The molecule has 136 valence electrons. The summed E-state index contributed by atoms with van der Waals surface area (Å²) in [5, 5.41) is 6.14. The first kappa shape index (κ1) is 19.4. The van der Waals surface area contributed by atoms with E-state index in [0.717, 1.165) is 6.07 Å².